The number of rotatable bonds is 5. The molecule has 0 aromatic heterocycles. The summed E-state index contributed by atoms with van der Waals surface area (Å²) in [5.74, 6) is -0.576. The Morgan fingerprint density at radius 1 is 1.27 bits per heavy atom. The Bertz CT molecular complexity index is 510. The van der Waals surface area contributed by atoms with E-state index in [0.717, 1.165) is 0 Å². The van der Waals surface area contributed by atoms with Crippen LogP contribution in [0.3, 0.4) is 0 Å². The van der Waals surface area contributed by atoms with Crippen molar-refractivity contribution >= 4 is 23.7 Å². The van der Waals surface area contributed by atoms with E-state index < -0.39 is 23.8 Å². The zero-order valence-electron chi connectivity index (χ0n) is 12.8. The topological polar surface area (TPSA) is 84.9 Å². The van der Waals surface area contributed by atoms with Gasteiger partial charge in [-0.05, 0) is 45.0 Å². The number of carbonyl (C=O) groups excluding carboxylic acids is 2. The van der Waals surface area contributed by atoms with Crippen molar-refractivity contribution in [3.05, 3.63) is 34.9 Å². The molecular formula is C15H20ClNO5. The Hall–Kier alpha value is -1.79. The standard InChI is InChI=1S/C15H20ClNO5/c1-15(2,3)22-14(20)17-8-12(18)9-21-13(19)10-4-6-11(16)7-5-10/h4-7,12,18H,8-9H2,1-3H3,(H,17,20). The highest BCUT2D eigenvalue weighted by Gasteiger charge is 2.17. The average molecular weight is 330 g/mol. The molecule has 0 aliphatic heterocycles. The van der Waals surface area contributed by atoms with Gasteiger partial charge in [0.2, 0.25) is 0 Å². The van der Waals surface area contributed by atoms with E-state index in [1.165, 1.54) is 12.1 Å². The molecule has 0 aliphatic carbocycles. The zero-order valence-corrected chi connectivity index (χ0v) is 13.5. The molecule has 1 atom stereocenters. The van der Waals surface area contributed by atoms with Gasteiger partial charge >= 0.3 is 12.1 Å². The lowest BCUT2D eigenvalue weighted by Crippen LogP contribution is -2.38. The number of hydrogen-bond donors (Lipinski definition) is 2. The molecule has 0 radical (unpaired) electrons. The monoisotopic (exact) mass is 329 g/mol. The summed E-state index contributed by atoms with van der Waals surface area (Å²) < 4.78 is 9.95. The second kappa shape index (κ2) is 8.00. The largest absolute Gasteiger partial charge is 0.459 e. The first kappa shape index (κ1) is 18.3. The first-order chi connectivity index (χ1) is 10.2. The van der Waals surface area contributed by atoms with Gasteiger partial charge in [0.25, 0.3) is 0 Å². The van der Waals surface area contributed by atoms with Crippen LogP contribution < -0.4 is 5.32 Å². The van der Waals surface area contributed by atoms with Gasteiger partial charge in [-0.25, -0.2) is 9.59 Å². The molecule has 0 fully saturated rings. The van der Waals surface area contributed by atoms with E-state index in [-0.39, 0.29) is 13.2 Å². The van der Waals surface area contributed by atoms with Crippen LogP contribution in [0.2, 0.25) is 5.02 Å². The van der Waals surface area contributed by atoms with Crippen molar-refractivity contribution in [3.63, 3.8) is 0 Å². The number of ether oxygens (including phenoxy) is 2. The van der Waals surface area contributed by atoms with Crippen LogP contribution in [0.15, 0.2) is 24.3 Å². The molecule has 122 valence electrons. The summed E-state index contributed by atoms with van der Waals surface area (Å²) in [4.78, 5) is 23.1. The third kappa shape index (κ3) is 7.28. The van der Waals surface area contributed by atoms with Crippen LogP contribution in [-0.4, -0.2) is 42.0 Å². The molecule has 0 saturated heterocycles. The molecule has 0 aliphatic rings. The number of aliphatic hydroxyl groups excluding tert-OH is 1. The molecule has 0 heterocycles. The number of nitrogens with one attached hydrogen (secondary N) is 1. The van der Waals surface area contributed by atoms with Gasteiger partial charge in [-0.1, -0.05) is 11.6 Å². The third-order valence-electron chi connectivity index (χ3n) is 2.37. The van der Waals surface area contributed by atoms with Gasteiger partial charge in [0.15, 0.2) is 0 Å². The van der Waals surface area contributed by atoms with Crippen molar-refractivity contribution in [2.45, 2.75) is 32.5 Å². The Morgan fingerprint density at radius 2 is 1.86 bits per heavy atom. The van der Waals surface area contributed by atoms with Crippen LogP contribution in [0.4, 0.5) is 4.79 Å². The summed E-state index contributed by atoms with van der Waals surface area (Å²) in [7, 11) is 0. The van der Waals surface area contributed by atoms with Gasteiger partial charge in [-0.3, -0.25) is 0 Å². The summed E-state index contributed by atoms with van der Waals surface area (Å²) in [5, 5.41) is 12.6. The predicted octanol–water partition coefficient (Wildman–Crippen LogP) is 2.38. The van der Waals surface area contributed by atoms with E-state index in [4.69, 9.17) is 21.1 Å². The van der Waals surface area contributed by atoms with Crippen LogP contribution in [0.1, 0.15) is 31.1 Å². The average Bonchev–Trinajstić information content (AvgIpc) is 2.41. The van der Waals surface area contributed by atoms with E-state index in [1.54, 1.807) is 32.9 Å². The summed E-state index contributed by atoms with van der Waals surface area (Å²) in [6.45, 7) is 4.88. The number of amides is 1. The lowest BCUT2D eigenvalue weighted by atomic mass is 10.2. The summed E-state index contributed by atoms with van der Waals surface area (Å²) in [5.41, 5.74) is -0.285. The van der Waals surface area contributed by atoms with Gasteiger partial charge in [-0.2, -0.15) is 0 Å². The normalized spacial score (nSPS) is 12.4. The van der Waals surface area contributed by atoms with E-state index in [2.05, 4.69) is 5.32 Å². The smallest absolute Gasteiger partial charge is 0.407 e. The quantitative estimate of drug-likeness (QED) is 0.810. The van der Waals surface area contributed by atoms with Crippen LogP contribution >= 0.6 is 11.6 Å². The molecule has 22 heavy (non-hydrogen) atoms. The second-order valence-electron chi connectivity index (χ2n) is 5.64. The highest BCUT2D eigenvalue weighted by molar-refractivity contribution is 6.30. The minimum Gasteiger partial charge on any atom is -0.459 e. The van der Waals surface area contributed by atoms with E-state index in [0.29, 0.717) is 10.6 Å². The van der Waals surface area contributed by atoms with E-state index in [9.17, 15) is 14.7 Å². The van der Waals surface area contributed by atoms with E-state index in [1.807, 2.05) is 0 Å². The lowest BCUT2D eigenvalue weighted by molar-refractivity contribution is 0.0230. The highest BCUT2D eigenvalue weighted by Crippen LogP contribution is 2.10. The van der Waals surface area contributed by atoms with E-state index >= 15 is 0 Å². The third-order valence-corrected chi connectivity index (χ3v) is 2.62. The molecule has 6 nitrogen and oxygen atoms in total. The molecule has 1 rings (SSSR count). The molecule has 1 unspecified atom stereocenters. The zero-order chi connectivity index (χ0) is 16.8. The Morgan fingerprint density at radius 3 is 2.41 bits per heavy atom. The Kier molecular flexibility index (Phi) is 6.64. The Balaban J connectivity index is 2.31. The van der Waals surface area contributed by atoms with Gasteiger partial charge in [-0.15, -0.1) is 0 Å². The number of aliphatic hydroxyl groups is 1. The number of carbonyl (C=O) groups is 2. The SMILES string of the molecule is CC(C)(C)OC(=O)NCC(O)COC(=O)c1ccc(Cl)cc1. The molecule has 7 heteroatoms. The van der Waals surface area contributed by atoms with Crippen LogP contribution in [0.25, 0.3) is 0 Å². The summed E-state index contributed by atoms with van der Waals surface area (Å²) in [6.07, 6.45) is -1.67. The molecule has 0 spiro atoms. The van der Waals surface area contributed by atoms with Crippen LogP contribution in [0, 0.1) is 0 Å². The summed E-state index contributed by atoms with van der Waals surface area (Å²) in [6, 6.07) is 6.18. The molecule has 2 N–H and O–H groups in total. The fourth-order valence-corrected chi connectivity index (χ4v) is 1.54. The maximum Gasteiger partial charge on any atom is 0.407 e. The van der Waals surface area contributed by atoms with Gasteiger partial charge in [0.05, 0.1) is 12.1 Å². The molecule has 1 amide bonds. The molecule has 1 aromatic carbocycles. The van der Waals surface area contributed by atoms with Crippen molar-refractivity contribution in [1.82, 2.24) is 5.32 Å². The summed E-state index contributed by atoms with van der Waals surface area (Å²) >= 11 is 5.72. The molecule has 1 aromatic rings. The number of alkyl carbamates (subject to hydrolysis) is 1. The van der Waals surface area contributed by atoms with Gasteiger partial charge in [0.1, 0.15) is 18.3 Å². The van der Waals surface area contributed by atoms with Crippen molar-refractivity contribution in [3.8, 4) is 0 Å². The minimum absolute atomic E-state index is 0.0805. The fraction of sp³-hybridized carbons (Fsp3) is 0.467. The van der Waals surface area contributed by atoms with Crippen LogP contribution in [0.5, 0.6) is 0 Å². The maximum absolute atomic E-state index is 11.7. The minimum atomic E-state index is -1.02. The Labute approximate surface area is 134 Å². The molecular weight excluding hydrogens is 310 g/mol. The number of hydrogen-bond acceptors (Lipinski definition) is 5. The number of esters is 1. The van der Waals surface area contributed by atoms with Crippen molar-refractivity contribution in [2.75, 3.05) is 13.2 Å². The number of halogens is 1. The molecule has 0 saturated carbocycles. The fourth-order valence-electron chi connectivity index (χ4n) is 1.42. The highest BCUT2D eigenvalue weighted by atomic mass is 35.5. The maximum atomic E-state index is 11.7. The van der Waals surface area contributed by atoms with Gasteiger partial charge < -0.3 is 19.9 Å². The van der Waals surface area contributed by atoms with Crippen molar-refractivity contribution in [2.24, 2.45) is 0 Å². The first-order valence-corrected chi connectivity index (χ1v) is 7.13. The first-order valence-electron chi connectivity index (χ1n) is 6.75. The second-order valence-corrected chi connectivity index (χ2v) is 6.08. The van der Waals surface area contributed by atoms with Crippen molar-refractivity contribution in [1.29, 1.82) is 0 Å². The predicted molar refractivity (Wildman–Crippen MR) is 82.0 cm³/mol. The number of benzene rings is 1. The van der Waals surface area contributed by atoms with Crippen molar-refractivity contribution < 1.29 is 24.2 Å². The van der Waals surface area contributed by atoms with Crippen LogP contribution in [-0.2, 0) is 9.47 Å². The molecule has 0 bridgehead atoms. The lowest BCUT2D eigenvalue weighted by Gasteiger charge is -2.20. The van der Waals surface area contributed by atoms with Gasteiger partial charge in [0, 0.05) is 5.02 Å².